The lowest BCUT2D eigenvalue weighted by molar-refractivity contribution is -0.148. The van der Waals surface area contributed by atoms with Crippen molar-refractivity contribution >= 4 is 53.2 Å². The number of nitrogens with one attached hydrogen (secondary N) is 7. The van der Waals surface area contributed by atoms with Gasteiger partial charge in [0.2, 0.25) is 53.2 Å². The standard InChI is InChI=1S/C57H85N9O9/c1-11-36(9)47-54(72)61-41(30-34(5)6)51(69)62-46(35(7)8)57(75)66-28-20-26-45(66)56(74)65-27-19-25-44(65)53(71)60-43(32-39-23-17-14-18-24-39)50(68)59-42(31-38-21-15-13-16-22-38)49(67)58-40(29-33(3)4)52(70)63-48(37(10)12-2)55(73)64-47/h13-18,21-24,33-37,40-48H,11-12,19-20,25-32H2,1-10H3,(H,58,67)(H,59,68)(H,60,71)(H,61,72)(H,62,69)(H,63,70)(H,64,73)/t36-,37-,40-,41-,42-,43-,44-,45-,46?,47-,48-/m0/s1. The summed E-state index contributed by atoms with van der Waals surface area (Å²) in [5.41, 5.74) is 1.44. The fourth-order valence-corrected chi connectivity index (χ4v) is 10.2. The summed E-state index contributed by atoms with van der Waals surface area (Å²) >= 11 is 0. The van der Waals surface area contributed by atoms with E-state index in [4.69, 9.17) is 0 Å². The molecule has 75 heavy (non-hydrogen) atoms. The zero-order valence-corrected chi connectivity index (χ0v) is 45.9. The van der Waals surface area contributed by atoms with Gasteiger partial charge in [-0.25, -0.2) is 0 Å². The van der Waals surface area contributed by atoms with Crippen LogP contribution in [0.15, 0.2) is 60.7 Å². The Hall–Kier alpha value is -6.33. The third kappa shape index (κ3) is 16.3. The molecule has 18 heteroatoms. The molecular weight excluding hydrogens is 955 g/mol. The number of amides is 9. The Morgan fingerprint density at radius 1 is 0.427 bits per heavy atom. The molecule has 18 nitrogen and oxygen atoms in total. The van der Waals surface area contributed by atoms with Crippen LogP contribution in [0.25, 0.3) is 0 Å². The fraction of sp³-hybridized carbons (Fsp3) is 0.632. The molecule has 3 fully saturated rings. The average molecular weight is 1040 g/mol. The molecule has 1 unspecified atom stereocenters. The summed E-state index contributed by atoms with van der Waals surface area (Å²) in [4.78, 5) is 134. The maximum absolute atomic E-state index is 14.7. The van der Waals surface area contributed by atoms with Gasteiger partial charge in [-0.15, -0.1) is 0 Å². The van der Waals surface area contributed by atoms with Gasteiger partial charge in [-0.2, -0.15) is 0 Å². The Morgan fingerprint density at radius 2 is 0.787 bits per heavy atom. The smallest absolute Gasteiger partial charge is 0.246 e. The topological polar surface area (TPSA) is 244 Å². The van der Waals surface area contributed by atoms with Crippen LogP contribution >= 0.6 is 0 Å². The van der Waals surface area contributed by atoms with Crippen LogP contribution < -0.4 is 37.2 Å². The first-order valence-electron chi connectivity index (χ1n) is 27.4. The predicted octanol–water partition coefficient (Wildman–Crippen LogP) is 3.70. The molecule has 5 rings (SSSR count). The third-order valence-corrected chi connectivity index (χ3v) is 15.0. The molecule has 0 bridgehead atoms. The van der Waals surface area contributed by atoms with Gasteiger partial charge in [0.15, 0.2) is 0 Å². The highest BCUT2D eigenvalue weighted by atomic mass is 16.2. The number of hydrogen-bond donors (Lipinski definition) is 7. The van der Waals surface area contributed by atoms with Gasteiger partial charge in [0.25, 0.3) is 0 Å². The molecule has 0 spiro atoms. The van der Waals surface area contributed by atoms with Gasteiger partial charge in [0.1, 0.15) is 54.4 Å². The first kappa shape index (κ1) is 59.5. The molecule has 2 aromatic rings. The molecule has 7 N–H and O–H groups in total. The van der Waals surface area contributed by atoms with Gasteiger partial charge in [-0.1, -0.05) is 143 Å². The van der Waals surface area contributed by atoms with Crippen LogP contribution in [0.3, 0.4) is 0 Å². The van der Waals surface area contributed by atoms with Crippen LogP contribution in [-0.2, 0) is 56.0 Å². The van der Waals surface area contributed by atoms with Gasteiger partial charge in [0, 0.05) is 25.9 Å². The first-order valence-corrected chi connectivity index (χ1v) is 27.4. The molecule has 0 aromatic heterocycles. The summed E-state index contributed by atoms with van der Waals surface area (Å²) in [6, 6.07) is 8.18. The van der Waals surface area contributed by atoms with Crippen molar-refractivity contribution in [2.75, 3.05) is 13.1 Å². The second-order valence-electron chi connectivity index (χ2n) is 22.2. The quantitative estimate of drug-likeness (QED) is 0.155. The van der Waals surface area contributed by atoms with E-state index in [2.05, 4.69) is 37.2 Å². The highest BCUT2D eigenvalue weighted by Gasteiger charge is 2.45. The van der Waals surface area contributed by atoms with E-state index in [-0.39, 0.29) is 50.6 Å². The Kier molecular flexibility index (Phi) is 22.2. The molecule has 3 saturated heterocycles. The lowest BCUT2D eigenvalue weighted by Crippen LogP contribution is -2.62. The molecule has 9 amide bonds. The summed E-state index contributed by atoms with van der Waals surface area (Å²) in [7, 11) is 0. The normalized spacial score (nSPS) is 27.3. The van der Waals surface area contributed by atoms with E-state index >= 15 is 0 Å². The van der Waals surface area contributed by atoms with Gasteiger partial charge in [-0.05, 0) is 79.2 Å². The van der Waals surface area contributed by atoms with E-state index in [1.165, 1.54) is 9.80 Å². The molecule has 3 aliphatic heterocycles. The summed E-state index contributed by atoms with van der Waals surface area (Å²) in [6.07, 6.45) is 3.02. The Bertz CT molecular complexity index is 2300. The van der Waals surface area contributed by atoms with Crippen molar-refractivity contribution in [1.29, 1.82) is 0 Å². The van der Waals surface area contributed by atoms with Gasteiger partial charge in [0.05, 0.1) is 0 Å². The molecule has 2 aromatic carbocycles. The van der Waals surface area contributed by atoms with Crippen molar-refractivity contribution in [2.24, 2.45) is 29.6 Å². The number of rotatable bonds is 13. The fourth-order valence-electron chi connectivity index (χ4n) is 10.2. The minimum atomic E-state index is -1.24. The number of carbonyl (C=O) groups excluding carboxylic acids is 9. The minimum absolute atomic E-state index is 0.0235. The van der Waals surface area contributed by atoms with Crippen molar-refractivity contribution in [2.45, 2.75) is 188 Å². The van der Waals surface area contributed by atoms with Crippen molar-refractivity contribution in [3.05, 3.63) is 71.8 Å². The van der Waals surface area contributed by atoms with Crippen LogP contribution in [-0.4, -0.2) is 130 Å². The van der Waals surface area contributed by atoms with Crippen LogP contribution in [0.1, 0.15) is 132 Å². The number of nitrogens with zero attached hydrogens (tertiary/aromatic N) is 2. The highest BCUT2D eigenvalue weighted by Crippen LogP contribution is 2.27. The van der Waals surface area contributed by atoms with Crippen LogP contribution in [0.2, 0.25) is 0 Å². The third-order valence-electron chi connectivity index (χ3n) is 15.0. The Labute approximate surface area is 444 Å². The number of hydrogen-bond acceptors (Lipinski definition) is 9. The monoisotopic (exact) mass is 1040 g/mol. The number of carbonyl (C=O) groups is 9. The maximum Gasteiger partial charge on any atom is 0.246 e. The van der Waals surface area contributed by atoms with E-state index in [1.807, 2.05) is 90.1 Å². The molecule has 3 heterocycles. The molecule has 412 valence electrons. The lowest BCUT2D eigenvalue weighted by Gasteiger charge is -2.35. The van der Waals surface area contributed by atoms with Gasteiger partial charge < -0.3 is 47.0 Å². The lowest BCUT2D eigenvalue weighted by atomic mass is 9.93. The van der Waals surface area contributed by atoms with E-state index in [0.717, 1.165) is 5.56 Å². The number of benzene rings is 2. The van der Waals surface area contributed by atoms with Crippen molar-refractivity contribution < 1.29 is 43.2 Å². The summed E-state index contributed by atoms with van der Waals surface area (Å²) in [6.45, 7) is 19.0. The largest absolute Gasteiger partial charge is 0.343 e. The first-order chi connectivity index (χ1) is 35.6. The van der Waals surface area contributed by atoms with E-state index in [1.54, 1.807) is 39.8 Å². The molecule has 0 saturated carbocycles. The van der Waals surface area contributed by atoms with Crippen LogP contribution in [0, 0.1) is 29.6 Å². The number of fused-ring (bicyclic) bond motifs is 2. The zero-order valence-electron chi connectivity index (χ0n) is 45.9. The summed E-state index contributed by atoms with van der Waals surface area (Å²) in [5.74, 6) is -6.75. The van der Waals surface area contributed by atoms with Crippen molar-refractivity contribution in [3.63, 3.8) is 0 Å². The molecule has 0 aliphatic carbocycles. The minimum Gasteiger partial charge on any atom is -0.343 e. The van der Waals surface area contributed by atoms with Crippen LogP contribution in [0.5, 0.6) is 0 Å². The van der Waals surface area contributed by atoms with Crippen molar-refractivity contribution in [3.8, 4) is 0 Å². The molecule has 11 atom stereocenters. The summed E-state index contributed by atoms with van der Waals surface area (Å²) < 4.78 is 0. The van der Waals surface area contributed by atoms with E-state index in [9.17, 15) is 43.2 Å². The Balaban J connectivity index is 1.60. The Morgan fingerprint density at radius 3 is 1.23 bits per heavy atom. The molecular formula is C57H85N9O9. The SMILES string of the molecule is CC[C@H](C)[C@@H]1NC(=O)[C@H](CC(C)C)NC(=O)[C@H](Cc2ccccc2)NC(=O)[C@H](Cc2ccccc2)NC(=O)[C@@H]2CCCN2C(=O)[C@@H]2CCCN2C(=O)C(C(C)C)NC(=O)[C@H](CC(C)C)NC(=O)[C@H]([C@@H](C)CC)NC1=O. The second-order valence-corrected chi connectivity index (χ2v) is 22.2. The van der Waals surface area contributed by atoms with Crippen molar-refractivity contribution in [1.82, 2.24) is 47.0 Å². The van der Waals surface area contributed by atoms with Crippen LogP contribution in [0.4, 0.5) is 0 Å². The van der Waals surface area contributed by atoms with E-state index < -0.39 is 125 Å². The molecule has 0 radical (unpaired) electrons. The van der Waals surface area contributed by atoms with Gasteiger partial charge in [-0.3, -0.25) is 43.2 Å². The second kappa shape index (κ2) is 28.0. The van der Waals surface area contributed by atoms with E-state index in [0.29, 0.717) is 44.1 Å². The maximum atomic E-state index is 14.7. The summed E-state index contributed by atoms with van der Waals surface area (Å²) in [5, 5.41) is 20.4. The average Bonchev–Trinajstić information content (AvgIpc) is 4.08. The van der Waals surface area contributed by atoms with Gasteiger partial charge >= 0.3 is 0 Å². The zero-order chi connectivity index (χ0) is 55.1. The predicted molar refractivity (Wildman–Crippen MR) is 286 cm³/mol. The molecule has 3 aliphatic rings. The highest BCUT2D eigenvalue weighted by molar-refractivity contribution is 5.99.